The molecule has 0 fully saturated rings. The number of nitrogens with zero attached hydrogens (tertiary/aromatic N) is 2. The summed E-state index contributed by atoms with van der Waals surface area (Å²) in [5.41, 5.74) is 1.68. The summed E-state index contributed by atoms with van der Waals surface area (Å²) in [7, 11) is 3.12. The van der Waals surface area contributed by atoms with E-state index in [-0.39, 0.29) is 17.7 Å². The number of carbonyl (C=O) groups is 1. The molecule has 0 spiro atoms. The standard InChI is InChI=1S/C26H22N2O5/c1-32-20-12-8-18(9-13-20)22-23(26(30)31)25(29)28(16-17-6-4-3-5-7-17)27-24(22)19-10-14-21(33-2)15-11-19/h3-15H,16H2,1-2H3,(H,30,31). The van der Waals surface area contributed by atoms with E-state index >= 15 is 0 Å². The summed E-state index contributed by atoms with van der Waals surface area (Å²) in [4.78, 5) is 25.6. The van der Waals surface area contributed by atoms with E-state index in [1.165, 1.54) is 4.68 Å². The van der Waals surface area contributed by atoms with E-state index in [1.54, 1.807) is 62.8 Å². The largest absolute Gasteiger partial charge is 0.497 e. The molecule has 7 nitrogen and oxygen atoms in total. The minimum Gasteiger partial charge on any atom is -0.497 e. The van der Waals surface area contributed by atoms with Gasteiger partial charge in [-0.2, -0.15) is 5.10 Å². The van der Waals surface area contributed by atoms with Crippen LogP contribution >= 0.6 is 0 Å². The number of carboxylic acid groups (broad SMARTS) is 1. The molecule has 33 heavy (non-hydrogen) atoms. The summed E-state index contributed by atoms with van der Waals surface area (Å²) in [6, 6.07) is 23.3. The monoisotopic (exact) mass is 442 g/mol. The average molecular weight is 442 g/mol. The number of ether oxygens (including phenoxy) is 2. The molecule has 0 aliphatic heterocycles. The summed E-state index contributed by atoms with van der Waals surface area (Å²) in [6.45, 7) is 0.145. The topological polar surface area (TPSA) is 90.7 Å². The maximum absolute atomic E-state index is 13.3. The van der Waals surface area contributed by atoms with E-state index < -0.39 is 11.5 Å². The van der Waals surface area contributed by atoms with Crippen molar-refractivity contribution in [3.8, 4) is 33.9 Å². The molecule has 3 aromatic carbocycles. The third-order valence-electron chi connectivity index (χ3n) is 5.29. The molecule has 4 aromatic rings. The Labute approximate surface area is 190 Å². The van der Waals surface area contributed by atoms with Gasteiger partial charge >= 0.3 is 5.97 Å². The van der Waals surface area contributed by atoms with Crippen LogP contribution in [0, 0.1) is 0 Å². The van der Waals surface area contributed by atoms with Crippen LogP contribution < -0.4 is 15.0 Å². The zero-order valence-electron chi connectivity index (χ0n) is 18.2. The zero-order valence-corrected chi connectivity index (χ0v) is 18.2. The minimum atomic E-state index is -1.32. The van der Waals surface area contributed by atoms with E-state index in [0.29, 0.717) is 28.3 Å². The smallest absolute Gasteiger partial charge is 0.342 e. The number of hydrogen-bond donors (Lipinski definition) is 1. The lowest BCUT2D eigenvalue weighted by Gasteiger charge is -2.16. The van der Waals surface area contributed by atoms with Gasteiger partial charge in [0.05, 0.1) is 26.5 Å². The van der Waals surface area contributed by atoms with E-state index in [4.69, 9.17) is 9.47 Å². The van der Waals surface area contributed by atoms with Gasteiger partial charge in [0.1, 0.15) is 17.1 Å². The van der Waals surface area contributed by atoms with E-state index in [0.717, 1.165) is 5.56 Å². The molecular weight excluding hydrogens is 420 g/mol. The van der Waals surface area contributed by atoms with Crippen molar-refractivity contribution in [2.75, 3.05) is 14.2 Å². The third-order valence-corrected chi connectivity index (χ3v) is 5.29. The second-order valence-electron chi connectivity index (χ2n) is 7.31. The second-order valence-corrected chi connectivity index (χ2v) is 7.31. The van der Waals surface area contributed by atoms with E-state index in [9.17, 15) is 14.7 Å². The fourth-order valence-electron chi connectivity index (χ4n) is 3.62. The number of aromatic carboxylic acids is 1. The van der Waals surface area contributed by atoms with Crippen LogP contribution in [-0.4, -0.2) is 35.1 Å². The first-order chi connectivity index (χ1) is 16.0. The normalized spacial score (nSPS) is 10.6. The van der Waals surface area contributed by atoms with Crippen molar-refractivity contribution in [3.63, 3.8) is 0 Å². The highest BCUT2D eigenvalue weighted by atomic mass is 16.5. The molecule has 0 unspecified atom stereocenters. The average Bonchev–Trinajstić information content (AvgIpc) is 2.85. The molecule has 0 radical (unpaired) electrons. The van der Waals surface area contributed by atoms with Gasteiger partial charge in [0.15, 0.2) is 0 Å². The lowest BCUT2D eigenvalue weighted by molar-refractivity contribution is 0.0694. The van der Waals surface area contributed by atoms with Crippen LogP contribution in [0.2, 0.25) is 0 Å². The predicted molar refractivity (Wildman–Crippen MR) is 125 cm³/mol. The van der Waals surface area contributed by atoms with E-state index in [2.05, 4.69) is 5.10 Å². The summed E-state index contributed by atoms with van der Waals surface area (Å²) in [6.07, 6.45) is 0. The van der Waals surface area contributed by atoms with E-state index in [1.807, 2.05) is 30.3 Å². The molecule has 7 heteroatoms. The predicted octanol–water partition coefficient (Wildman–Crippen LogP) is 4.34. The van der Waals surface area contributed by atoms with Crippen LogP contribution in [0.15, 0.2) is 83.7 Å². The molecule has 1 aromatic heterocycles. The molecule has 0 saturated carbocycles. The van der Waals surface area contributed by atoms with Crippen LogP contribution in [0.1, 0.15) is 15.9 Å². The summed E-state index contributed by atoms with van der Waals surface area (Å²) < 4.78 is 11.7. The number of carboxylic acids is 1. The molecule has 4 rings (SSSR count). The van der Waals surface area contributed by atoms with Gasteiger partial charge in [-0.3, -0.25) is 4.79 Å². The van der Waals surface area contributed by atoms with Crippen molar-refractivity contribution in [1.82, 2.24) is 9.78 Å². The fraction of sp³-hybridized carbons (Fsp3) is 0.115. The maximum Gasteiger partial charge on any atom is 0.342 e. The Kier molecular flexibility index (Phi) is 6.22. The molecule has 0 aliphatic rings. The highest BCUT2D eigenvalue weighted by Crippen LogP contribution is 2.34. The fourth-order valence-corrected chi connectivity index (χ4v) is 3.62. The number of rotatable bonds is 7. The van der Waals surface area contributed by atoms with Crippen molar-refractivity contribution in [1.29, 1.82) is 0 Å². The molecule has 0 aliphatic carbocycles. The van der Waals surface area contributed by atoms with Gasteiger partial charge in [0.2, 0.25) is 0 Å². The Balaban J connectivity index is 2.00. The Morgan fingerprint density at radius 1 is 0.848 bits per heavy atom. The summed E-state index contributed by atoms with van der Waals surface area (Å²) in [5.74, 6) is -0.0439. The van der Waals surface area contributed by atoms with Gasteiger partial charge in [-0.05, 0) is 47.5 Å². The Hall–Kier alpha value is -4.39. The maximum atomic E-state index is 13.3. The highest BCUT2D eigenvalue weighted by molar-refractivity contribution is 5.99. The Bertz CT molecular complexity index is 1330. The highest BCUT2D eigenvalue weighted by Gasteiger charge is 2.25. The molecule has 0 atom stereocenters. The summed E-state index contributed by atoms with van der Waals surface area (Å²) in [5, 5.41) is 14.7. The lowest BCUT2D eigenvalue weighted by Crippen LogP contribution is -2.30. The molecule has 0 bridgehead atoms. The third kappa shape index (κ3) is 4.48. The first kappa shape index (κ1) is 21.8. The SMILES string of the molecule is COc1ccc(-c2nn(Cc3ccccc3)c(=O)c(C(=O)O)c2-c2ccc(OC)cc2)cc1. The van der Waals surface area contributed by atoms with Gasteiger partial charge < -0.3 is 14.6 Å². The first-order valence-corrected chi connectivity index (χ1v) is 10.2. The second kappa shape index (κ2) is 9.40. The Morgan fingerprint density at radius 2 is 1.39 bits per heavy atom. The number of aromatic nitrogens is 2. The summed E-state index contributed by atoms with van der Waals surface area (Å²) >= 11 is 0. The number of hydrogen-bond acceptors (Lipinski definition) is 5. The van der Waals surface area contributed by atoms with Crippen LogP contribution in [0.5, 0.6) is 11.5 Å². The van der Waals surface area contributed by atoms with Crippen LogP contribution in [0.25, 0.3) is 22.4 Å². The van der Waals surface area contributed by atoms with Crippen molar-refractivity contribution < 1.29 is 19.4 Å². The van der Waals surface area contributed by atoms with Crippen LogP contribution in [0.3, 0.4) is 0 Å². The molecule has 0 saturated heterocycles. The van der Waals surface area contributed by atoms with Crippen molar-refractivity contribution in [3.05, 3.63) is 100 Å². The Morgan fingerprint density at radius 3 is 1.91 bits per heavy atom. The zero-order chi connectivity index (χ0) is 23.4. The van der Waals surface area contributed by atoms with Crippen LogP contribution in [0.4, 0.5) is 0 Å². The lowest BCUT2D eigenvalue weighted by atomic mass is 9.95. The molecule has 1 heterocycles. The van der Waals surface area contributed by atoms with Crippen molar-refractivity contribution >= 4 is 5.97 Å². The van der Waals surface area contributed by atoms with Gasteiger partial charge in [-0.15, -0.1) is 0 Å². The van der Waals surface area contributed by atoms with Crippen LogP contribution in [-0.2, 0) is 6.54 Å². The number of benzene rings is 3. The van der Waals surface area contributed by atoms with Crippen molar-refractivity contribution in [2.24, 2.45) is 0 Å². The molecule has 0 amide bonds. The quantitative estimate of drug-likeness (QED) is 0.458. The van der Waals surface area contributed by atoms with Gasteiger partial charge in [-0.1, -0.05) is 42.5 Å². The van der Waals surface area contributed by atoms with Gasteiger partial charge in [0, 0.05) is 11.1 Å². The van der Waals surface area contributed by atoms with Gasteiger partial charge in [-0.25, -0.2) is 9.48 Å². The molecule has 166 valence electrons. The van der Waals surface area contributed by atoms with Crippen molar-refractivity contribution in [2.45, 2.75) is 6.54 Å². The molecular formula is C26H22N2O5. The van der Waals surface area contributed by atoms with Gasteiger partial charge in [0.25, 0.3) is 5.56 Å². The molecule has 1 N–H and O–H groups in total. The number of methoxy groups -OCH3 is 2. The first-order valence-electron chi connectivity index (χ1n) is 10.2. The minimum absolute atomic E-state index is 0.145.